The van der Waals surface area contributed by atoms with Crippen LogP contribution in [0.15, 0.2) is 18.3 Å². The molecule has 2 amide bonds. The molecule has 2 aromatic rings. The Hall–Kier alpha value is -3.45. The number of amides is 2. The zero-order valence-electron chi connectivity index (χ0n) is 27.3. The third-order valence-corrected chi connectivity index (χ3v) is 10.3. The SMILES string of the molecule is CC(C)c1cnn2c(NC3CC4CCC(C3)N4C(=O)OC3CN(C(=O)/C=C/CN4CCCCC4)C3)nc(NC3CCOCC3)nc12. The predicted octanol–water partition coefficient (Wildman–Crippen LogP) is 3.64. The lowest BCUT2D eigenvalue weighted by atomic mass is 9.98. The molecule has 2 unspecified atom stereocenters. The van der Waals surface area contributed by atoms with E-state index in [0.717, 1.165) is 82.6 Å². The average molecular weight is 636 g/mol. The van der Waals surface area contributed by atoms with Gasteiger partial charge in [-0.15, -0.1) is 0 Å². The van der Waals surface area contributed by atoms with E-state index in [1.54, 1.807) is 11.0 Å². The maximum absolute atomic E-state index is 13.3. The van der Waals surface area contributed by atoms with Crippen LogP contribution < -0.4 is 10.6 Å². The van der Waals surface area contributed by atoms with E-state index in [1.165, 1.54) is 19.3 Å². The van der Waals surface area contributed by atoms with E-state index in [2.05, 4.69) is 34.5 Å². The van der Waals surface area contributed by atoms with Gasteiger partial charge in [-0.25, -0.2) is 4.79 Å². The lowest BCUT2D eigenvalue weighted by Crippen LogP contribution is -2.57. The Labute approximate surface area is 271 Å². The molecule has 7 rings (SSSR count). The monoisotopic (exact) mass is 635 g/mol. The molecule has 5 fully saturated rings. The van der Waals surface area contributed by atoms with Gasteiger partial charge in [-0.2, -0.15) is 19.6 Å². The lowest BCUT2D eigenvalue weighted by molar-refractivity contribution is -0.136. The summed E-state index contributed by atoms with van der Waals surface area (Å²) in [6.07, 6.45) is 14.2. The smallest absolute Gasteiger partial charge is 0.410 e. The summed E-state index contributed by atoms with van der Waals surface area (Å²) in [7, 11) is 0. The van der Waals surface area contributed by atoms with Crippen molar-refractivity contribution < 1.29 is 19.1 Å². The summed E-state index contributed by atoms with van der Waals surface area (Å²) in [5.41, 5.74) is 1.90. The maximum atomic E-state index is 13.3. The van der Waals surface area contributed by atoms with Crippen molar-refractivity contribution in [3.8, 4) is 0 Å². The van der Waals surface area contributed by atoms with Gasteiger partial charge in [0.1, 0.15) is 6.10 Å². The maximum Gasteiger partial charge on any atom is 0.410 e. The standard InChI is InChI=1S/C33H49N9O4/c1-22(2)28-19-34-42-30(28)37-31(35-23-10-15-45-16-11-23)38-32(42)36-24-17-25-8-9-26(18-24)41(25)33(44)46-27-20-40(21-27)29(43)7-6-14-39-12-4-3-5-13-39/h6-7,19,22-27H,3-5,8-18,20-21H2,1-2H3,(H2,35,36,37,38)/b7-6+. The van der Waals surface area contributed by atoms with Gasteiger partial charge in [-0.3, -0.25) is 9.69 Å². The zero-order valence-corrected chi connectivity index (χ0v) is 27.3. The molecule has 2 N–H and O–H groups in total. The molecule has 2 aromatic heterocycles. The molecule has 0 aromatic carbocycles. The Morgan fingerprint density at radius 1 is 1.00 bits per heavy atom. The second-order valence-electron chi connectivity index (χ2n) is 14.0. The quantitative estimate of drug-likeness (QED) is 0.394. The molecule has 0 aliphatic carbocycles. The number of likely N-dealkylation sites (tertiary alicyclic amines) is 2. The van der Waals surface area contributed by atoms with Gasteiger partial charge in [0.05, 0.1) is 19.3 Å². The number of hydrogen-bond donors (Lipinski definition) is 2. The molecule has 13 nitrogen and oxygen atoms in total. The number of nitrogens with zero attached hydrogens (tertiary/aromatic N) is 7. The average Bonchev–Trinajstić information content (AvgIpc) is 3.58. The number of anilines is 2. The number of piperidine rings is 2. The Morgan fingerprint density at radius 3 is 2.46 bits per heavy atom. The first-order chi connectivity index (χ1) is 22.4. The van der Waals surface area contributed by atoms with Crippen molar-refractivity contribution >= 4 is 29.5 Å². The van der Waals surface area contributed by atoms with Crippen molar-refractivity contribution in [3.05, 3.63) is 23.9 Å². The van der Waals surface area contributed by atoms with Crippen molar-refractivity contribution in [3.63, 3.8) is 0 Å². The summed E-state index contributed by atoms with van der Waals surface area (Å²) < 4.78 is 13.3. The number of rotatable bonds is 9. The highest BCUT2D eigenvalue weighted by Gasteiger charge is 2.46. The van der Waals surface area contributed by atoms with E-state index in [1.807, 2.05) is 21.7 Å². The number of hydrogen-bond acceptors (Lipinski definition) is 10. The molecule has 5 saturated heterocycles. The van der Waals surface area contributed by atoms with Crippen LogP contribution in [0.5, 0.6) is 0 Å². The first kappa shape index (κ1) is 31.2. The van der Waals surface area contributed by atoms with E-state index in [-0.39, 0.29) is 48.2 Å². The van der Waals surface area contributed by atoms with E-state index < -0.39 is 0 Å². The Kier molecular flexibility index (Phi) is 9.30. The highest BCUT2D eigenvalue weighted by molar-refractivity contribution is 5.88. The fraction of sp³-hybridized carbons (Fsp3) is 0.727. The molecule has 46 heavy (non-hydrogen) atoms. The topological polar surface area (TPSA) is 129 Å². The summed E-state index contributed by atoms with van der Waals surface area (Å²) in [6, 6.07) is 0.651. The van der Waals surface area contributed by atoms with Crippen molar-refractivity contribution in [1.29, 1.82) is 0 Å². The van der Waals surface area contributed by atoms with Crippen LogP contribution in [0.25, 0.3) is 5.65 Å². The number of nitrogens with one attached hydrogen (secondary N) is 2. The van der Waals surface area contributed by atoms with Gasteiger partial charge in [-0.1, -0.05) is 26.3 Å². The minimum atomic E-state index is -0.246. The van der Waals surface area contributed by atoms with Crippen LogP contribution in [0.3, 0.4) is 0 Å². The highest BCUT2D eigenvalue weighted by atomic mass is 16.6. The van der Waals surface area contributed by atoms with Gasteiger partial charge < -0.3 is 29.9 Å². The molecule has 13 heteroatoms. The molecule has 5 aliphatic heterocycles. The fourth-order valence-corrected chi connectivity index (χ4v) is 7.71. The second kappa shape index (κ2) is 13.7. The number of aromatic nitrogens is 4. The van der Waals surface area contributed by atoms with Crippen molar-refractivity contribution in [1.82, 2.24) is 34.3 Å². The van der Waals surface area contributed by atoms with Gasteiger partial charge in [0.25, 0.3) is 0 Å². The summed E-state index contributed by atoms with van der Waals surface area (Å²) in [6.45, 7) is 9.75. The minimum Gasteiger partial charge on any atom is -0.442 e. The van der Waals surface area contributed by atoms with Gasteiger partial charge in [0.2, 0.25) is 17.8 Å². The van der Waals surface area contributed by atoms with Gasteiger partial charge >= 0.3 is 6.09 Å². The van der Waals surface area contributed by atoms with Crippen LogP contribution in [0.4, 0.5) is 16.7 Å². The summed E-state index contributed by atoms with van der Waals surface area (Å²) in [5.74, 6) is 1.57. The van der Waals surface area contributed by atoms with Crippen LogP contribution in [-0.4, -0.2) is 122 Å². The Bertz CT molecular complexity index is 1400. The molecule has 7 heterocycles. The van der Waals surface area contributed by atoms with Crippen LogP contribution in [0.1, 0.15) is 83.1 Å². The molecule has 5 aliphatic rings. The number of ether oxygens (including phenoxy) is 2. The van der Waals surface area contributed by atoms with Crippen molar-refractivity contribution in [2.45, 2.75) is 108 Å². The van der Waals surface area contributed by atoms with E-state index >= 15 is 0 Å². The Morgan fingerprint density at radius 2 is 1.74 bits per heavy atom. The van der Waals surface area contributed by atoms with E-state index in [9.17, 15) is 9.59 Å². The molecular weight excluding hydrogens is 586 g/mol. The first-order valence-corrected chi connectivity index (χ1v) is 17.4. The van der Waals surface area contributed by atoms with Crippen molar-refractivity contribution in [2.24, 2.45) is 0 Å². The number of fused-ring (bicyclic) bond motifs is 3. The number of carbonyl (C=O) groups excluding carboxylic acids is 2. The molecule has 0 radical (unpaired) electrons. The normalized spacial score (nSPS) is 26.2. The molecule has 2 atom stereocenters. The molecular formula is C33H49N9O4. The molecule has 250 valence electrons. The molecule has 0 spiro atoms. The zero-order chi connectivity index (χ0) is 31.6. The first-order valence-electron chi connectivity index (χ1n) is 17.4. The molecule has 2 bridgehead atoms. The van der Waals surface area contributed by atoms with Crippen LogP contribution in [0.2, 0.25) is 0 Å². The van der Waals surface area contributed by atoms with Crippen LogP contribution in [0, 0.1) is 0 Å². The van der Waals surface area contributed by atoms with Gasteiger partial charge in [0, 0.05) is 55.6 Å². The molecule has 0 saturated carbocycles. The predicted molar refractivity (Wildman–Crippen MR) is 174 cm³/mol. The van der Waals surface area contributed by atoms with Crippen molar-refractivity contribution in [2.75, 3.05) is 56.6 Å². The largest absolute Gasteiger partial charge is 0.442 e. The third-order valence-electron chi connectivity index (χ3n) is 10.3. The summed E-state index contributed by atoms with van der Waals surface area (Å²) in [4.78, 5) is 41.8. The fourth-order valence-electron chi connectivity index (χ4n) is 7.71. The van der Waals surface area contributed by atoms with E-state index in [4.69, 9.17) is 19.4 Å². The lowest BCUT2D eigenvalue weighted by Gasteiger charge is -2.42. The third kappa shape index (κ3) is 6.80. The van der Waals surface area contributed by atoms with E-state index in [0.29, 0.717) is 25.0 Å². The van der Waals surface area contributed by atoms with Crippen LogP contribution >= 0.6 is 0 Å². The van der Waals surface area contributed by atoms with Gasteiger partial charge in [-0.05, 0) is 70.4 Å². The number of carbonyl (C=O) groups is 2. The second-order valence-corrected chi connectivity index (χ2v) is 14.0. The minimum absolute atomic E-state index is 0.00101. The summed E-state index contributed by atoms with van der Waals surface area (Å²) >= 11 is 0. The summed E-state index contributed by atoms with van der Waals surface area (Å²) in [5, 5.41) is 11.9. The highest BCUT2D eigenvalue weighted by Crippen LogP contribution is 2.38. The van der Waals surface area contributed by atoms with Gasteiger partial charge in [0.15, 0.2) is 5.65 Å². The van der Waals surface area contributed by atoms with Crippen LogP contribution in [-0.2, 0) is 14.3 Å². The Balaban J connectivity index is 0.936.